The highest BCUT2D eigenvalue weighted by Gasteiger charge is 2.27. The van der Waals surface area contributed by atoms with Crippen LogP contribution in [0.3, 0.4) is 0 Å². The first-order valence-corrected chi connectivity index (χ1v) is 10.8. The first-order chi connectivity index (χ1) is 13.0. The Morgan fingerprint density at radius 2 is 2.11 bits per heavy atom. The van der Waals surface area contributed by atoms with Gasteiger partial charge in [-0.15, -0.1) is 0 Å². The molecule has 1 fully saturated rings. The van der Waals surface area contributed by atoms with Gasteiger partial charge in [-0.25, -0.2) is 4.98 Å². The van der Waals surface area contributed by atoms with Crippen LogP contribution in [-0.4, -0.2) is 24.0 Å². The molecule has 1 saturated heterocycles. The van der Waals surface area contributed by atoms with Crippen LogP contribution in [0.4, 0.5) is 10.8 Å². The zero-order valence-electron chi connectivity index (χ0n) is 15.5. The fourth-order valence-electron chi connectivity index (χ4n) is 3.52. The quantitative estimate of drug-likeness (QED) is 0.578. The molecule has 0 aliphatic carbocycles. The summed E-state index contributed by atoms with van der Waals surface area (Å²) in [4.78, 5) is 19.9. The molecule has 6 heteroatoms. The molecule has 1 aromatic heterocycles. The van der Waals surface area contributed by atoms with Crippen LogP contribution in [0, 0.1) is 19.8 Å². The Hall–Kier alpha value is -1.92. The van der Waals surface area contributed by atoms with Gasteiger partial charge in [0, 0.05) is 23.2 Å². The molecular formula is C21H22BrN3OS. The van der Waals surface area contributed by atoms with Crippen molar-refractivity contribution in [3.63, 3.8) is 0 Å². The van der Waals surface area contributed by atoms with E-state index < -0.39 is 0 Å². The van der Waals surface area contributed by atoms with Crippen molar-refractivity contribution in [2.75, 3.05) is 23.3 Å². The van der Waals surface area contributed by atoms with Gasteiger partial charge < -0.3 is 10.2 Å². The summed E-state index contributed by atoms with van der Waals surface area (Å²) in [7, 11) is 0. The Labute approximate surface area is 171 Å². The third-order valence-corrected chi connectivity index (χ3v) is 6.61. The van der Waals surface area contributed by atoms with E-state index in [1.54, 1.807) is 11.3 Å². The topological polar surface area (TPSA) is 45.2 Å². The number of aryl methyl sites for hydroxylation is 2. The molecule has 2 aromatic carbocycles. The summed E-state index contributed by atoms with van der Waals surface area (Å²) in [6.45, 7) is 5.79. The summed E-state index contributed by atoms with van der Waals surface area (Å²) in [5.74, 6) is 0.0811. The van der Waals surface area contributed by atoms with Crippen molar-refractivity contribution in [3.8, 4) is 0 Å². The number of benzene rings is 2. The van der Waals surface area contributed by atoms with E-state index in [2.05, 4.69) is 51.3 Å². The second-order valence-corrected chi connectivity index (χ2v) is 9.13. The molecule has 0 radical (unpaired) electrons. The van der Waals surface area contributed by atoms with Gasteiger partial charge in [-0.3, -0.25) is 4.79 Å². The minimum Gasteiger partial charge on any atom is -0.347 e. The SMILES string of the molecule is Cc1ccc2nc(N3CCCC(C(=O)Nc4ccc(Br)cc4C)C3)sc2c1. The van der Waals surface area contributed by atoms with Crippen LogP contribution < -0.4 is 10.2 Å². The normalized spacial score (nSPS) is 17.3. The molecule has 1 aliphatic heterocycles. The summed E-state index contributed by atoms with van der Waals surface area (Å²) in [5.41, 5.74) is 4.24. The van der Waals surface area contributed by atoms with E-state index >= 15 is 0 Å². The van der Waals surface area contributed by atoms with Crippen LogP contribution in [-0.2, 0) is 4.79 Å². The van der Waals surface area contributed by atoms with Gasteiger partial charge >= 0.3 is 0 Å². The molecule has 4 nitrogen and oxygen atoms in total. The number of hydrogen-bond donors (Lipinski definition) is 1. The minimum absolute atomic E-state index is 0.0180. The van der Waals surface area contributed by atoms with Crippen molar-refractivity contribution in [3.05, 3.63) is 52.0 Å². The molecule has 3 aromatic rings. The van der Waals surface area contributed by atoms with E-state index in [-0.39, 0.29) is 11.8 Å². The highest BCUT2D eigenvalue weighted by Crippen LogP contribution is 2.32. The summed E-state index contributed by atoms with van der Waals surface area (Å²) in [6, 6.07) is 12.3. The van der Waals surface area contributed by atoms with Crippen molar-refractivity contribution < 1.29 is 4.79 Å². The first kappa shape index (κ1) is 18.4. The van der Waals surface area contributed by atoms with Crippen molar-refractivity contribution >= 4 is 54.2 Å². The number of anilines is 2. The van der Waals surface area contributed by atoms with E-state index in [0.29, 0.717) is 0 Å². The predicted octanol–water partition coefficient (Wildman–Crippen LogP) is 5.53. The van der Waals surface area contributed by atoms with Crippen molar-refractivity contribution in [1.29, 1.82) is 0 Å². The van der Waals surface area contributed by atoms with Crippen LogP contribution >= 0.6 is 27.3 Å². The fraction of sp³-hybridized carbons (Fsp3) is 0.333. The van der Waals surface area contributed by atoms with E-state index in [4.69, 9.17) is 4.98 Å². The second-order valence-electron chi connectivity index (χ2n) is 7.20. The lowest BCUT2D eigenvalue weighted by Gasteiger charge is -2.31. The zero-order chi connectivity index (χ0) is 19.0. The fourth-order valence-corrected chi connectivity index (χ4v) is 5.10. The smallest absolute Gasteiger partial charge is 0.229 e. The molecular weight excluding hydrogens is 422 g/mol. The van der Waals surface area contributed by atoms with Gasteiger partial charge in [0.15, 0.2) is 5.13 Å². The molecule has 1 amide bonds. The van der Waals surface area contributed by atoms with E-state index in [1.165, 1.54) is 10.3 Å². The molecule has 140 valence electrons. The summed E-state index contributed by atoms with van der Waals surface area (Å²) < 4.78 is 2.23. The van der Waals surface area contributed by atoms with Crippen LogP contribution in [0.1, 0.15) is 24.0 Å². The third kappa shape index (κ3) is 4.01. The number of rotatable bonds is 3. The Morgan fingerprint density at radius 3 is 2.93 bits per heavy atom. The second kappa shape index (κ2) is 7.60. The van der Waals surface area contributed by atoms with Crippen molar-refractivity contribution in [1.82, 2.24) is 4.98 Å². The number of nitrogens with one attached hydrogen (secondary N) is 1. The monoisotopic (exact) mass is 443 g/mol. The molecule has 27 heavy (non-hydrogen) atoms. The number of thiazole rings is 1. The van der Waals surface area contributed by atoms with E-state index in [1.807, 2.05) is 25.1 Å². The molecule has 1 unspecified atom stereocenters. The summed E-state index contributed by atoms with van der Waals surface area (Å²) in [5, 5.41) is 4.13. The summed E-state index contributed by atoms with van der Waals surface area (Å²) in [6.07, 6.45) is 1.92. The van der Waals surface area contributed by atoms with Crippen LogP contribution in [0.15, 0.2) is 40.9 Å². The highest BCUT2D eigenvalue weighted by atomic mass is 79.9. The maximum Gasteiger partial charge on any atom is 0.229 e. The molecule has 0 bridgehead atoms. The molecule has 1 aliphatic rings. The maximum absolute atomic E-state index is 12.8. The molecule has 1 atom stereocenters. The van der Waals surface area contributed by atoms with Gasteiger partial charge in [-0.1, -0.05) is 33.3 Å². The van der Waals surface area contributed by atoms with E-state index in [9.17, 15) is 4.79 Å². The third-order valence-electron chi connectivity index (χ3n) is 5.04. The number of hydrogen-bond acceptors (Lipinski definition) is 4. The summed E-state index contributed by atoms with van der Waals surface area (Å²) >= 11 is 5.18. The molecule has 1 N–H and O–H groups in total. The van der Waals surface area contributed by atoms with Gasteiger partial charge in [0.2, 0.25) is 5.91 Å². The Bertz CT molecular complexity index is 1000. The number of aromatic nitrogens is 1. The number of amides is 1. The lowest BCUT2D eigenvalue weighted by Crippen LogP contribution is -2.40. The standard InChI is InChI=1S/C21H22BrN3OS/c1-13-5-7-18-19(10-13)27-21(24-18)25-9-3-4-15(12-25)20(26)23-17-8-6-16(22)11-14(17)2/h5-8,10-11,15H,3-4,9,12H2,1-2H3,(H,23,26). The number of piperidine rings is 1. The van der Waals surface area contributed by atoms with Gasteiger partial charge in [0.1, 0.15) is 0 Å². The van der Waals surface area contributed by atoms with Gasteiger partial charge in [0.25, 0.3) is 0 Å². The average molecular weight is 444 g/mol. The molecule has 0 spiro atoms. The largest absolute Gasteiger partial charge is 0.347 e. The Morgan fingerprint density at radius 1 is 1.26 bits per heavy atom. The zero-order valence-corrected chi connectivity index (χ0v) is 17.9. The number of carbonyl (C=O) groups excluding carboxylic acids is 1. The number of carbonyl (C=O) groups is 1. The Kier molecular flexibility index (Phi) is 5.19. The minimum atomic E-state index is -0.0180. The number of fused-ring (bicyclic) bond motifs is 1. The van der Waals surface area contributed by atoms with Gasteiger partial charge in [-0.05, 0) is 68.1 Å². The number of nitrogens with zero attached hydrogens (tertiary/aromatic N) is 2. The molecule has 2 heterocycles. The van der Waals surface area contributed by atoms with Crippen LogP contribution in [0.25, 0.3) is 10.2 Å². The number of halogens is 1. The lowest BCUT2D eigenvalue weighted by atomic mass is 9.97. The van der Waals surface area contributed by atoms with Crippen LogP contribution in [0.2, 0.25) is 0 Å². The average Bonchev–Trinajstić information content (AvgIpc) is 3.07. The molecule has 0 saturated carbocycles. The van der Waals surface area contributed by atoms with Crippen molar-refractivity contribution in [2.24, 2.45) is 5.92 Å². The lowest BCUT2D eigenvalue weighted by molar-refractivity contribution is -0.120. The molecule has 4 rings (SSSR count). The van der Waals surface area contributed by atoms with E-state index in [0.717, 1.165) is 52.3 Å². The maximum atomic E-state index is 12.8. The Balaban J connectivity index is 1.49. The van der Waals surface area contributed by atoms with Gasteiger partial charge in [0.05, 0.1) is 16.1 Å². The van der Waals surface area contributed by atoms with Gasteiger partial charge in [-0.2, -0.15) is 0 Å². The predicted molar refractivity (Wildman–Crippen MR) is 117 cm³/mol. The highest BCUT2D eigenvalue weighted by molar-refractivity contribution is 9.10. The van der Waals surface area contributed by atoms with Crippen LogP contribution in [0.5, 0.6) is 0 Å². The first-order valence-electron chi connectivity index (χ1n) is 9.19. The van der Waals surface area contributed by atoms with Crippen molar-refractivity contribution in [2.45, 2.75) is 26.7 Å².